The predicted molar refractivity (Wildman–Crippen MR) is 69.7 cm³/mol. The minimum atomic E-state index is 0.549. The van der Waals surface area contributed by atoms with Crippen molar-refractivity contribution in [2.24, 2.45) is 11.7 Å². The molecule has 2 N–H and O–H groups in total. The summed E-state index contributed by atoms with van der Waals surface area (Å²) in [5.74, 6) is 0.607. The van der Waals surface area contributed by atoms with Gasteiger partial charge in [0, 0.05) is 18.8 Å². The Morgan fingerprint density at radius 2 is 2.06 bits per heavy atom. The lowest BCUT2D eigenvalue weighted by atomic mass is 10.0. The van der Waals surface area contributed by atoms with Crippen molar-refractivity contribution < 1.29 is 0 Å². The Labute approximate surface area is 103 Å². The molecule has 1 aliphatic rings. The van der Waals surface area contributed by atoms with E-state index in [4.69, 9.17) is 11.0 Å². The lowest BCUT2D eigenvalue weighted by Gasteiger charge is -2.31. The van der Waals surface area contributed by atoms with Crippen LogP contribution in [0.2, 0.25) is 0 Å². The highest BCUT2D eigenvalue weighted by Gasteiger charge is 2.29. The van der Waals surface area contributed by atoms with Crippen LogP contribution in [0.25, 0.3) is 0 Å². The molecule has 0 saturated heterocycles. The molecule has 1 saturated carbocycles. The van der Waals surface area contributed by atoms with Gasteiger partial charge in [0.15, 0.2) is 0 Å². The molecule has 0 spiro atoms. The van der Waals surface area contributed by atoms with Crippen LogP contribution in [0.5, 0.6) is 0 Å². The molecular weight excluding hydrogens is 210 g/mol. The lowest BCUT2D eigenvalue weighted by Crippen LogP contribution is -2.37. The maximum Gasteiger partial charge on any atom is 0.0991 e. The van der Waals surface area contributed by atoms with Crippen molar-refractivity contribution in [1.29, 1.82) is 5.26 Å². The highest BCUT2D eigenvalue weighted by molar-refractivity contribution is 5.50. The Kier molecular flexibility index (Phi) is 3.65. The molecule has 17 heavy (non-hydrogen) atoms. The zero-order valence-electron chi connectivity index (χ0n) is 10.3. The number of nitriles is 1. The molecule has 3 heteroatoms. The topological polar surface area (TPSA) is 53.0 Å². The van der Waals surface area contributed by atoms with Gasteiger partial charge in [0.25, 0.3) is 0 Å². The molecule has 0 amide bonds. The molecular formula is C14H19N3. The quantitative estimate of drug-likeness (QED) is 0.863. The number of rotatable bonds is 3. The van der Waals surface area contributed by atoms with E-state index in [9.17, 15) is 0 Å². The average molecular weight is 229 g/mol. The van der Waals surface area contributed by atoms with Crippen molar-refractivity contribution in [3.05, 3.63) is 29.8 Å². The molecule has 0 heterocycles. The molecule has 0 radical (unpaired) electrons. The zero-order chi connectivity index (χ0) is 12.3. The number of hydrogen-bond donors (Lipinski definition) is 1. The van der Waals surface area contributed by atoms with E-state index in [1.165, 1.54) is 24.9 Å². The van der Waals surface area contributed by atoms with Gasteiger partial charge in [-0.2, -0.15) is 5.26 Å². The summed E-state index contributed by atoms with van der Waals surface area (Å²) in [4.78, 5) is 2.31. The van der Waals surface area contributed by atoms with E-state index in [0.29, 0.717) is 17.5 Å². The van der Waals surface area contributed by atoms with E-state index in [-0.39, 0.29) is 0 Å². The van der Waals surface area contributed by atoms with Crippen molar-refractivity contribution in [3.8, 4) is 6.07 Å². The standard InChI is InChI=1S/C14H19N3/c1-17(14-4-2-3-12(14)10-16)13-7-5-11(9-15)6-8-13/h5-8,12,14H,2-4,10,16H2,1H3. The maximum atomic E-state index is 8.78. The summed E-state index contributed by atoms with van der Waals surface area (Å²) in [5.41, 5.74) is 7.70. The van der Waals surface area contributed by atoms with E-state index in [0.717, 1.165) is 6.54 Å². The van der Waals surface area contributed by atoms with Gasteiger partial charge in [0.05, 0.1) is 11.6 Å². The van der Waals surface area contributed by atoms with Crippen molar-refractivity contribution >= 4 is 5.69 Å². The Balaban J connectivity index is 2.13. The Morgan fingerprint density at radius 3 is 2.65 bits per heavy atom. The van der Waals surface area contributed by atoms with Crippen LogP contribution in [0.4, 0.5) is 5.69 Å². The summed E-state index contributed by atoms with van der Waals surface area (Å²) in [6.45, 7) is 0.769. The molecule has 0 aliphatic heterocycles. The van der Waals surface area contributed by atoms with E-state index in [1.54, 1.807) is 0 Å². The number of nitrogens with two attached hydrogens (primary N) is 1. The highest BCUT2D eigenvalue weighted by Crippen LogP contribution is 2.31. The van der Waals surface area contributed by atoms with Crippen LogP contribution in [-0.2, 0) is 0 Å². The molecule has 2 rings (SSSR count). The smallest absolute Gasteiger partial charge is 0.0991 e. The fourth-order valence-corrected chi connectivity index (χ4v) is 2.76. The Morgan fingerprint density at radius 1 is 1.35 bits per heavy atom. The third-order valence-electron chi connectivity index (χ3n) is 3.82. The lowest BCUT2D eigenvalue weighted by molar-refractivity contribution is 0.474. The molecule has 0 bridgehead atoms. The fraction of sp³-hybridized carbons (Fsp3) is 0.500. The van der Waals surface area contributed by atoms with E-state index in [2.05, 4.69) is 18.0 Å². The van der Waals surface area contributed by atoms with E-state index < -0.39 is 0 Å². The second kappa shape index (κ2) is 5.20. The minimum Gasteiger partial charge on any atom is -0.371 e. The normalized spacial score (nSPS) is 23.4. The van der Waals surface area contributed by atoms with Gasteiger partial charge in [-0.05, 0) is 49.6 Å². The van der Waals surface area contributed by atoms with Crippen molar-refractivity contribution in [3.63, 3.8) is 0 Å². The summed E-state index contributed by atoms with van der Waals surface area (Å²) < 4.78 is 0. The van der Waals surface area contributed by atoms with Crippen LogP contribution in [0.3, 0.4) is 0 Å². The molecule has 1 aromatic rings. The zero-order valence-corrected chi connectivity index (χ0v) is 10.3. The minimum absolute atomic E-state index is 0.549. The van der Waals surface area contributed by atoms with Crippen LogP contribution in [0.1, 0.15) is 24.8 Å². The van der Waals surface area contributed by atoms with Crippen molar-refractivity contribution in [2.45, 2.75) is 25.3 Å². The number of anilines is 1. The molecule has 2 atom stereocenters. The van der Waals surface area contributed by atoms with Crippen LogP contribution in [-0.4, -0.2) is 19.6 Å². The monoisotopic (exact) mass is 229 g/mol. The van der Waals surface area contributed by atoms with E-state index in [1.807, 2.05) is 24.3 Å². The van der Waals surface area contributed by atoms with Gasteiger partial charge in [-0.3, -0.25) is 0 Å². The van der Waals surface area contributed by atoms with Crippen molar-refractivity contribution in [2.75, 3.05) is 18.5 Å². The molecule has 1 fully saturated rings. The van der Waals surface area contributed by atoms with Gasteiger partial charge in [0.1, 0.15) is 0 Å². The van der Waals surface area contributed by atoms with Crippen LogP contribution < -0.4 is 10.6 Å². The number of benzene rings is 1. The highest BCUT2D eigenvalue weighted by atomic mass is 15.1. The molecule has 90 valence electrons. The first-order chi connectivity index (χ1) is 8.26. The number of nitrogens with zero attached hydrogens (tertiary/aromatic N) is 2. The molecule has 1 aromatic carbocycles. The van der Waals surface area contributed by atoms with Gasteiger partial charge in [-0.1, -0.05) is 6.42 Å². The Hall–Kier alpha value is -1.53. The molecule has 0 aromatic heterocycles. The van der Waals surface area contributed by atoms with Crippen LogP contribution >= 0.6 is 0 Å². The largest absolute Gasteiger partial charge is 0.371 e. The summed E-state index contributed by atoms with van der Waals surface area (Å²) in [7, 11) is 2.13. The average Bonchev–Trinajstić information content (AvgIpc) is 2.86. The van der Waals surface area contributed by atoms with Crippen LogP contribution in [0, 0.1) is 17.2 Å². The summed E-state index contributed by atoms with van der Waals surface area (Å²) in [5, 5.41) is 8.78. The maximum absolute atomic E-state index is 8.78. The summed E-state index contributed by atoms with van der Waals surface area (Å²) in [6.07, 6.45) is 3.73. The van der Waals surface area contributed by atoms with Crippen molar-refractivity contribution in [1.82, 2.24) is 0 Å². The third kappa shape index (κ3) is 2.42. The summed E-state index contributed by atoms with van der Waals surface area (Å²) >= 11 is 0. The first kappa shape index (κ1) is 11.9. The predicted octanol–water partition coefficient (Wildman–Crippen LogP) is 2.12. The van der Waals surface area contributed by atoms with E-state index >= 15 is 0 Å². The Bertz CT molecular complexity index is 404. The van der Waals surface area contributed by atoms with Gasteiger partial charge >= 0.3 is 0 Å². The number of hydrogen-bond acceptors (Lipinski definition) is 3. The second-order valence-electron chi connectivity index (χ2n) is 4.76. The first-order valence-electron chi connectivity index (χ1n) is 6.19. The van der Waals surface area contributed by atoms with Gasteiger partial charge in [-0.15, -0.1) is 0 Å². The molecule has 3 nitrogen and oxygen atoms in total. The van der Waals surface area contributed by atoms with Crippen LogP contribution in [0.15, 0.2) is 24.3 Å². The van der Waals surface area contributed by atoms with Gasteiger partial charge < -0.3 is 10.6 Å². The molecule has 1 aliphatic carbocycles. The van der Waals surface area contributed by atoms with Gasteiger partial charge in [0.2, 0.25) is 0 Å². The fourth-order valence-electron chi connectivity index (χ4n) is 2.76. The van der Waals surface area contributed by atoms with Gasteiger partial charge in [-0.25, -0.2) is 0 Å². The second-order valence-corrected chi connectivity index (χ2v) is 4.76. The third-order valence-corrected chi connectivity index (χ3v) is 3.82. The molecule has 2 unspecified atom stereocenters. The summed E-state index contributed by atoms with van der Waals surface area (Å²) in [6, 6.07) is 10.5. The SMILES string of the molecule is CN(c1ccc(C#N)cc1)C1CCCC1CN. The first-order valence-corrected chi connectivity index (χ1v) is 6.19.